The van der Waals surface area contributed by atoms with Crippen molar-refractivity contribution < 1.29 is 14.6 Å². The zero-order chi connectivity index (χ0) is 10.8. The Morgan fingerprint density at radius 3 is 2.71 bits per heavy atom. The van der Waals surface area contributed by atoms with Gasteiger partial charge in [-0.2, -0.15) is 0 Å². The van der Waals surface area contributed by atoms with Crippen molar-refractivity contribution in [2.45, 2.75) is 12.5 Å². The number of methoxy groups -OCH3 is 1. The van der Waals surface area contributed by atoms with E-state index in [4.69, 9.17) is 10.8 Å². The summed E-state index contributed by atoms with van der Waals surface area (Å²) in [5, 5.41) is 9.00. The summed E-state index contributed by atoms with van der Waals surface area (Å²) in [4.78, 5) is 15.1. The number of hydrogen-bond donors (Lipinski definition) is 2. The zero-order valence-corrected chi connectivity index (χ0v) is 8.02. The lowest BCUT2D eigenvalue weighted by atomic mass is 9.99. The molecule has 1 rings (SSSR count). The van der Waals surface area contributed by atoms with Crippen LogP contribution in [0.5, 0.6) is 5.75 Å². The summed E-state index contributed by atoms with van der Waals surface area (Å²) >= 11 is 0. The monoisotopic (exact) mass is 196 g/mol. The van der Waals surface area contributed by atoms with E-state index < -0.39 is 11.5 Å². The molecule has 5 nitrogen and oxygen atoms in total. The fourth-order valence-electron chi connectivity index (χ4n) is 1.01. The van der Waals surface area contributed by atoms with Crippen molar-refractivity contribution in [3.8, 4) is 5.75 Å². The van der Waals surface area contributed by atoms with Gasteiger partial charge in [-0.1, -0.05) is 0 Å². The van der Waals surface area contributed by atoms with Gasteiger partial charge in [0.15, 0.2) is 5.54 Å². The molecule has 5 heteroatoms. The van der Waals surface area contributed by atoms with Crippen LogP contribution in [0.3, 0.4) is 0 Å². The smallest absolute Gasteiger partial charge is 0.331 e. The Labute approximate surface area is 81.5 Å². The van der Waals surface area contributed by atoms with E-state index in [2.05, 4.69) is 9.72 Å². The van der Waals surface area contributed by atoms with Gasteiger partial charge in [-0.3, -0.25) is 4.98 Å². The van der Waals surface area contributed by atoms with Gasteiger partial charge in [-0.05, 0) is 19.1 Å². The van der Waals surface area contributed by atoms with E-state index in [1.807, 2.05) is 0 Å². The topological polar surface area (TPSA) is 85.4 Å². The van der Waals surface area contributed by atoms with E-state index in [9.17, 15) is 4.79 Å². The third-order valence-corrected chi connectivity index (χ3v) is 1.89. The Hall–Kier alpha value is -1.62. The molecule has 0 bridgehead atoms. The maximum Gasteiger partial charge on any atom is 0.331 e. The van der Waals surface area contributed by atoms with Crippen molar-refractivity contribution in [2.75, 3.05) is 7.11 Å². The van der Waals surface area contributed by atoms with Crippen LogP contribution in [0.1, 0.15) is 12.6 Å². The normalized spacial score (nSPS) is 14.5. The van der Waals surface area contributed by atoms with Crippen molar-refractivity contribution in [1.29, 1.82) is 0 Å². The number of aromatic nitrogens is 1. The lowest BCUT2D eigenvalue weighted by Crippen LogP contribution is -2.43. The minimum Gasteiger partial charge on any atom is -0.506 e. The highest BCUT2D eigenvalue weighted by Crippen LogP contribution is 2.18. The van der Waals surface area contributed by atoms with E-state index in [0.717, 1.165) is 0 Å². The summed E-state index contributed by atoms with van der Waals surface area (Å²) in [5.74, 6) is -0.551. The summed E-state index contributed by atoms with van der Waals surface area (Å²) in [6, 6.07) is 2.89. The second kappa shape index (κ2) is 3.63. The quantitative estimate of drug-likeness (QED) is 0.657. The summed E-state index contributed by atoms with van der Waals surface area (Å²) in [6.07, 6.45) is 1.23. The Morgan fingerprint density at radius 1 is 1.64 bits per heavy atom. The molecule has 0 aliphatic heterocycles. The molecule has 0 aliphatic rings. The van der Waals surface area contributed by atoms with Crippen molar-refractivity contribution in [2.24, 2.45) is 5.73 Å². The molecule has 0 radical (unpaired) electrons. The van der Waals surface area contributed by atoms with Crippen LogP contribution in [0.2, 0.25) is 0 Å². The molecule has 1 aromatic rings. The number of aromatic hydroxyl groups is 1. The standard InChI is InChI=1S/C9H12N2O3/c1-9(10,8(13)14-2)7-4-3-6(12)5-11-7/h3-5,12H,10H2,1-2H3/t9-/m1/s1. The lowest BCUT2D eigenvalue weighted by Gasteiger charge is -2.20. The van der Waals surface area contributed by atoms with Gasteiger partial charge >= 0.3 is 5.97 Å². The Kier molecular flexibility index (Phi) is 2.71. The van der Waals surface area contributed by atoms with Crippen molar-refractivity contribution in [3.05, 3.63) is 24.0 Å². The molecule has 0 unspecified atom stereocenters. The maximum atomic E-state index is 11.3. The number of esters is 1. The highest BCUT2D eigenvalue weighted by molar-refractivity contribution is 5.81. The Balaban J connectivity index is 3.03. The van der Waals surface area contributed by atoms with E-state index in [1.54, 1.807) is 0 Å². The average Bonchev–Trinajstić information content (AvgIpc) is 2.17. The first kappa shape index (κ1) is 10.5. The second-order valence-corrected chi connectivity index (χ2v) is 3.10. The average molecular weight is 196 g/mol. The van der Waals surface area contributed by atoms with Crippen LogP contribution in [-0.2, 0) is 15.1 Å². The van der Waals surface area contributed by atoms with Gasteiger partial charge in [0.05, 0.1) is 19.0 Å². The van der Waals surface area contributed by atoms with Crippen molar-refractivity contribution in [1.82, 2.24) is 4.98 Å². The number of rotatable bonds is 2. The maximum absolute atomic E-state index is 11.3. The highest BCUT2D eigenvalue weighted by Gasteiger charge is 2.33. The molecule has 0 amide bonds. The van der Waals surface area contributed by atoms with E-state index in [-0.39, 0.29) is 5.75 Å². The number of nitrogens with two attached hydrogens (primary N) is 1. The molecule has 0 fully saturated rings. The number of nitrogens with zero attached hydrogens (tertiary/aromatic N) is 1. The molecule has 0 saturated heterocycles. The first-order valence-electron chi connectivity index (χ1n) is 4.01. The third-order valence-electron chi connectivity index (χ3n) is 1.89. The minimum absolute atomic E-state index is 0.0226. The molecule has 1 atom stereocenters. The van der Waals surface area contributed by atoms with Gasteiger partial charge < -0.3 is 15.6 Å². The summed E-state index contributed by atoms with van der Waals surface area (Å²) < 4.78 is 4.53. The van der Waals surface area contributed by atoms with Gasteiger partial charge in [0.1, 0.15) is 5.75 Å². The predicted octanol–water partition coefficient (Wildman–Crippen LogP) is 0.134. The number of carbonyl (C=O) groups is 1. The first-order chi connectivity index (χ1) is 6.48. The van der Waals surface area contributed by atoms with Crippen LogP contribution in [-0.4, -0.2) is 23.2 Å². The summed E-state index contributed by atoms with van der Waals surface area (Å²) in [5.41, 5.74) is 4.78. The van der Waals surface area contributed by atoms with Gasteiger partial charge in [0.2, 0.25) is 0 Å². The van der Waals surface area contributed by atoms with Gasteiger partial charge in [-0.15, -0.1) is 0 Å². The zero-order valence-electron chi connectivity index (χ0n) is 8.02. The Bertz CT molecular complexity index is 332. The molecule has 0 saturated carbocycles. The van der Waals surface area contributed by atoms with E-state index >= 15 is 0 Å². The summed E-state index contributed by atoms with van der Waals surface area (Å²) in [7, 11) is 1.26. The van der Waals surface area contributed by atoms with Gasteiger partial charge in [0.25, 0.3) is 0 Å². The molecule has 14 heavy (non-hydrogen) atoms. The molecule has 1 aromatic heterocycles. The SMILES string of the molecule is COC(=O)[C@](C)(N)c1ccc(O)cn1. The first-order valence-corrected chi connectivity index (χ1v) is 4.01. The summed E-state index contributed by atoms with van der Waals surface area (Å²) in [6.45, 7) is 1.50. The lowest BCUT2D eigenvalue weighted by molar-refractivity contribution is -0.146. The molecule has 1 heterocycles. The second-order valence-electron chi connectivity index (χ2n) is 3.10. The van der Waals surface area contributed by atoms with Crippen LogP contribution >= 0.6 is 0 Å². The fourth-order valence-corrected chi connectivity index (χ4v) is 1.01. The minimum atomic E-state index is -1.29. The highest BCUT2D eigenvalue weighted by atomic mass is 16.5. The van der Waals surface area contributed by atoms with Crippen molar-refractivity contribution in [3.63, 3.8) is 0 Å². The number of pyridine rings is 1. The van der Waals surface area contributed by atoms with E-state index in [0.29, 0.717) is 5.69 Å². The molecule has 0 spiro atoms. The van der Waals surface area contributed by atoms with Gasteiger partial charge in [0, 0.05) is 0 Å². The Morgan fingerprint density at radius 2 is 2.29 bits per heavy atom. The van der Waals surface area contributed by atoms with Crippen LogP contribution in [0.25, 0.3) is 0 Å². The molecule has 3 N–H and O–H groups in total. The third kappa shape index (κ3) is 1.82. The van der Waals surface area contributed by atoms with Crippen LogP contribution in [0, 0.1) is 0 Å². The number of hydrogen-bond acceptors (Lipinski definition) is 5. The van der Waals surface area contributed by atoms with Gasteiger partial charge in [-0.25, -0.2) is 4.79 Å². The van der Waals surface area contributed by atoms with E-state index in [1.165, 1.54) is 32.4 Å². The molecular formula is C9H12N2O3. The molecule has 0 aromatic carbocycles. The molecular weight excluding hydrogens is 184 g/mol. The van der Waals surface area contributed by atoms with Crippen LogP contribution < -0.4 is 5.73 Å². The predicted molar refractivity (Wildman–Crippen MR) is 49.5 cm³/mol. The van der Waals surface area contributed by atoms with Crippen LogP contribution in [0.15, 0.2) is 18.3 Å². The number of ether oxygens (including phenoxy) is 1. The molecule has 76 valence electrons. The number of carbonyl (C=O) groups excluding carboxylic acids is 1. The fraction of sp³-hybridized carbons (Fsp3) is 0.333. The van der Waals surface area contributed by atoms with Crippen molar-refractivity contribution >= 4 is 5.97 Å². The largest absolute Gasteiger partial charge is 0.506 e. The van der Waals surface area contributed by atoms with Crippen LogP contribution in [0.4, 0.5) is 0 Å². The molecule has 0 aliphatic carbocycles.